The molecule has 0 saturated heterocycles. The van der Waals surface area contributed by atoms with Crippen molar-refractivity contribution >= 4 is 19.8 Å². The van der Waals surface area contributed by atoms with Crippen molar-refractivity contribution in [2.75, 3.05) is 13.2 Å². The van der Waals surface area contributed by atoms with Crippen LogP contribution >= 0.6 is 7.82 Å². The van der Waals surface area contributed by atoms with Crippen LogP contribution in [0.3, 0.4) is 0 Å². The van der Waals surface area contributed by atoms with E-state index in [4.69, 9.17) is 19.3 Å². The Balaban J connectivity index is 4.10. The molecule has 9 heteroatoms. The van der Waals surface area contributed by atoms with Crippen LogP contribution in [0.1, 0.15) is 58.8 Å². The summed E-state index contributed by atoms with van der Waals surface area (Å²) in [7, 11) is -4.68. The maximum atomic E-state index is 11.7. The first-order valence-corrected chi connectivity index (χ1v) is 9.30. The van der Waals surface area contributed by atoms with E-state index in [2.05, 4.69) is 11.4 Å². The van der Waals surface area contributed by atoms with Gasteiger partial charge in [-0.15, -0.1) is 0 Å². The van der Waals surface area contributed by atoms with Crippen LogP contribution in [-0.2, 0) is 28.2 Å². The number of unbranched alkanes of at least 4 members (excludes halogenated alkanes) is 5. The van der Waals surface area contributed by atoms with Gasteiger partial charge in [-0.2, -0.15) is 0 Å². The van der Waals surface area contributed by atoms with Crippen molar-refractivity contribution in [3.8, 4) is 0 Å². The topological polar surface area (TPSA) is 119 Å². The molecule has 0 aromatic rings. The molecule has 0 aromatic carbocycles. The molecule has 0 amide bonds. The van der Waals surface area contributed by atoms with Gasteiger partial charge in [0.1, 0.15) is 6.61 Å². The third-order valence-electron chi connectivity index (χ3n) is 2.93. The maximum absolute atomic E-state index is 11.7. The van der Waals surface area contributed by atoms with E-state index in [1.165, 1.54) is 13.3 Å². The van der Waals surface area contributed by atoms with Crippen LogP contribution in [-0.4, -0.2) is 41.0 Å². The van der Waals surface area contributed by atoms with E-state index >= 15 is 0 Å². The standard InChI is InChI=1S/C14H27O8P/c1-3-4-5-6-7-8-9-14(16)22-13(10-20-12(2)15)11-21-23(17,18)19/h13H,3-11H2,1-2H3,(H2,17,18,19)/t13-/m1/s1. The molecule has 0 saturated carbocycles. The van der Waals surface area contributed by atoms with E-state index in [9.17, 15) is 14.2 Å². The number of hydrogen-bond acceptors (Lipinski definition) is 6. The molecule has 1 atom stereocenters. The summed E-state index contributed by atoms with van der Waals surface area (Å²) in [6.07, 6.45) is 5.28. The van der Waals surface area contributed by atoms with E-state index in [-0.39, 0.29) is 13.0 Å². The first-order chi connectivity index (χ1) is 10.7. The molecule has 0 bridgehead atoms. The van der Waals surface area contributed by atoms with Crippen molar-refractivity contribution in [1.29, 1.82) is 0 Å². The van der Waals surface area contributed by atoms with E-state index in [0.29, 0.717) is 6.42 Å². The van der Waals surface area contributed by atoms with Gasteiger partial charge in [0.15, 0.2) is 6.10 Å². The van der Waals surface area contributed by atoms with Gasteiger partial charge in [-0.05, 0) is 6.42 Å². The Morgan fingerprint density at radius 1 is 1.04 bits per heavy atom. The monoisotopic (exact) mass is 354 g/mol. The van der Waals surface area contributed by atoms with Gasteiger partial charge in [0, 0.05) is 13.3 Å². The summed E-state index contributed by atoms with van der Waals surface area (Å²) in [5.74, 6) is -1.09. The second kappa shape index (κ2) is 12.5. The number of ether oxygens (including phenoxy) is 2. The third-order valence-corrected chi connectivity index (χ3v) is 3.42. The Kier molecular flexibility index (Phi) is 12.0. The number of hydrogen-bond donors (Lipinski definition) is 2. The number of rotatable bonds is 13. The highest BCUT2D eigenvalue weighted by Gasteiger charge is 2.22. The normalized spacial score (nSPS) is 12.7. The van der Waals surface area contributed by atoms with Crippen LogP contribution in [0.5, 0.6) is 0 Å². The highest BCUT2D eigenvalue weighted by atomic mass is 31.2. The van der Waals surface area contributed by atoms with Crippen LogP contribution in [0.25, 0.3) is 0 Å². The minimum atomic E-state index is -4.68. The largest absolute Gasteiger partial charge is 0.469 e. The molecule has 0 heterocycles. The fourth-order valence-electron chi connectivity index (χ4n) is 1.80. The van der Waals surface area contributed by atoms with Crippen molar-refractivity contribution < 1.29 is 37.9 Å². The van der Waals surface area contributed by atoms with Crippen LogP contribution < -0.4 is 0 Å². The zero-order valence-corrected chi connectivity index (χ0v) is 14.6. The van der Waals surface area contributed by atoms with Gasteiger partial charge < -0.3 is 19.3 Å². The zero-order chi connectivity index (χ0) is 17.7. The predicted octanol–water partition coefficient (Wildman–Crippen LogP) is 2.32. The molecule has 136 valence electrons. The molecular weight excluding hydrogens is 327 g/mol. The highest BCUT2D eigenvalue weighted by Crippen LogP contribution is 2.35. The summed E-state index contributed by atoms with van der Waals surface area (Å²) in [6.45, 7) is 2.46. The number of phosphoric acid groups is 1. The zero-order valence-electron chi connectivity index (χ0n) is 13.7. The average molecular weight is 354 g/mol. The van der Waals surface area contributed by atoms with Gasteiger partial charge in [0.05, 0.1) is 6.61 Å². The summed E-state index contributed by atoms with van der Waals surface area (Å²) < 4.78 is 24.7. The first-order valence-electron chi connectivity index (χ1n) is 7.77. The van der Waals surface area contributed by atoms with E-state index < -0.39 is 32.5 Å². The lowest BCUT2D eigenvalue weighted by Gasteiger charge is -2.18. The van der Waals surface area contributed by atoms with Gasteiger partial charge in [0.2, 0.25) is 0 Å². The Morgan fingerprint density at radius 3 is 2.22 bits per heavy atom. The third kappa shape index (κ3) is 15.7. The van der Waals surface area contributed by atoms with Gasteiger partial charge in [-0.1, -0.05) is 39.0 Å². The Labute approximate surface area is 136 Å². The highest BCUT2D eigenvalue weighted by molar-refractivity contribution is 7.46. The summed E-state index contributed by atoms with van der Waals surface area (Å²) in [5.41, 5.74) is 0. The average Bonchev–Trinajstić information content (AvgIpc) is 2.44. The molecular formula is C14H27O8P. The van der Waals surface area contributed by atoms with Crippen LogP contribution in [0.15, 0.2) is 0 Å². The second-order valence-electron chi connectivity index (χ2n) is 5.22. The maximum Gasteiger partial charge on any atom is 0.469 e. The number of carbonyl (C=O) groups excluding carboxylic acids is 2. The van der Waals surface area contributed by atoms with Gasteiger partial charge in [0.25, 0.3) is 0 Å². The molecule has 2 N–H and O–H groups in total. The summed E-state index contributed by atoms with van der Waals surface area (Å²) >= 11 is 0. The number of esters is 2. The molecule has 0 rings (SSSR count). The fourth-order valence-corrected chi connectivity index (χ4v) is 2.16. The van der Waals surface area contributed by atoms with Crippen LogP contribution in [0.2, 0.25) is 0 Å². The molecule has 0 aliphatic rings. The lowest BCUT2D eigenvalue weighted by atomic mass is 10.1. The Hall–Kier alpha value is -0.950. The van der Waals surface area contributed by atoms with Gasteiger partial charge in [-0.25, -0.2) is 4.57 Å². The Bertz CT molecular complexity index is 392. The van der Waals surface area contributed by atoms with Crippen molar-refractivity contribution in [3.63, 3.8) is 0 Å². The molecule has 0 radical (unpaired) electrons. The van der Waals surface area contributed by atoms with E-state index in [0.717, 1.165) is 25.7 Å². The van der Waals surface area contributed by atoms with Crippen molar-refractivity contribution in [2.45, 2.75) is 64.9 Å². The molecule has 0 aromatic heterocycles. The summed E-state index contributed by atoms with van der Waals surface area (Å²) in [5, 5.41) is 0. The SMILES string of the molecule is CCCCCCCCC(=O)O[C@H](COC(C)=O)COP(=O)(O)O. The molecule has 0 spiro atoms. The van der Waals surface area contributed by atoms with Gasteiger partial charge >= 0.3 is 19.8 Å². The minimum Gasteiger partial charge on any atom is -0.462 e. The predicted molar refractivity (Wildman–Crippen MR) is 82.5 cm³/mol. The fraction of sp³-hybridized carbons (Fsp3) is 0.857. The van der Waals surface area contributed by atoms with Crippen LogP contribution in [0, 0.1) is 0 Å². The van der Waals surface area contributed by atoms with Gasteiger partial charge in [-0.3, -0.25) is 14.1 Å². The quantitative estimate of drug-likeness (QED) is 0.294. The van der Waals surface area contributed by atoms with E-state index in [1.54, 1.807) is 0 Å². The second-order valence-corrected chi connectivity index (χ2v) is 6.46. The lowest BCUT2D eigenvalue weighted by molar-refractivity contribution is -0.160. The number of carbonyl (C=O) groups is 2. The molecule has 23 heavy (non-hydrogen) atoms. The Morgan fingerprint density at radius 2 is 1.65 bits per heavy atom. The van der Waals surface area contributed by atoms with Crippen molar-refractivity contribution in [3.05, 3.63) is 0 Å². The van der Waals surface area contributed by atoms with Crippen molar-refractivity contribution in [1.82, 2.24) is 0 Å². The molecule has 8 nitrogen and oxygen atoms in total. The van der Waals surface area contributed by atoms with Crippen LogP contribution in [0.4, 0.5) is 0 Å². The van der Waals surface area contributed by atoms with Crippen molar-refractivity contribution in [2.24, 2.45) is 0 Å². The smallest absolute Gasteiger partial charge is 0.462 e. The molecule has 0 aliphatic heterocycles. The molecule has 0 unspecified atom stereocenters. The molecule has 0 fully saturated rings. The summed E-state index contributed by atoms with van der Waals surface area (Å²) in [4.78, 5) is 39.8. The number of phosphoric ester groups is 1. The molecule has 0 aliphatic carbocycles. The summed E-state index contributed by atoms with van der Waals surface area (Å²) in [6, 6.07) is 0. The lowest BCUT2D eigenvalue weighted by Crippen LogP contribution is -2.29. The minimum absolute atomic E-state index is 0.207. The first kappa shape index (κ1) is 22.1. The van der Waals surface area contributed by atoms with E-state index in [1.807, 2.05) is 0 Å².